The number of anilines is 1. The third-order valence-electron chi connectivity index (χ3n) is 4.41. The molecular formula is C16H19N3OS. The molecule has 21 heavy (non-hydrogen) atoms. The van der Waals surface area contributed by atoms with E-state index in [-0.39, 0.29) is 11.9 Å². The van der Waals surface area contributed by atoms with E-state index in [1.54, 1.807) is 11.3 Å². The van der Waals surface area contributed by atoms with E-state index < -0.39 is 0 Å². The van der Waals surface area contributed by atoms with Crippen LogP contribution < -0.4 is 5.73 Å². The SMILES string of the molecule is Nc1cc(C(=O)N2CCCC2c2cccs2)n(C2CC2)c1. The first-order chi connectivity index (χ1) is 10.2. The zero-order valence-electron chi connectivity index (χ0n) is 11.9. The van der Waals surface area contributed by atoms with Gasteiger partial charge in [0.25, 0.3) is 5.91 Å². The van der Waals surface area contributed by atoms with Gasteiger partial charge in [-0.2, -0.15) is 0 Å². The molecule has 4 nitrogen and oxygen atoms in total. The van der Waals surface area contributed by atoms with Gasteiger partial charge in [0.15, 0.2) is 0 Å². The lowest BCUT2D eigenvalue weighted by Gasteiger charge is -2.24. The normalized spacial score (nSPS) is 21.9. The van der Waals surface area contributed by atoms with Crippen molar-refractivity contribution < 1.29 is 4.79 Å². The van der Waals surface area contributed by atoms with E-state index in [0.29, 0.717) is 11.7 Å². The van der Waals surface area contributed by atoms with Gasteiger partial charge in [0.05, 0.1) is 11.7 Å². The molecular weight excluding hydrogens is 282 g/mol. The molecule has 2 aliphatic rings. The second-order valence-corrected chi connectivity index (χ2v) is 6.95. The van der Waals surface area contributed by atoms with Crippen LogP contribution in [-0.4, -0.2) is 21.9 Å². The van der Waals surface area contributed by atoms with Crippen LogP contribution in [0, 0.1) is 0 Å². The molecule has 1 atom stereocenters. The van der Waals surface area contributed by atoms with E-state index in [4.69, 9.17) is 5.73 Å². The van der Waals surface area contributed by atoms with Gasteiger partial charge in [-0.15, -0.1) is 11.3 Å². The Morgan fingerprint density at radius 1 is 1.33 bits per heavy atom. The summed E-state index contributed by atoms with van der Waals surface area (Å²) in [5.41, 5.74) is 7.38. The standard InChI is InChI=1S/C16H19N3OS/c17-11-9-14(19(10-11)12-5-6-12)16(20)18-7-1-3-13(18)15-4-2-8-21-15/h2,4,8-10,12-13H,1,3,5-7,17H2. The lowest BCUT2D eigenvalue weighted by atomic mass is 10.2. The Morgan fingerprint density at radius 2 is 2.19 bits per heavy atom. The van der Waals surface area contributed by atoms with Gasteiger partial charge in [-0.3, -0.25) is 4.79 Å². The lowest BCUT2D eigenvalue weighted by Crippen LogP contribution is -2.31. The largest absolute Gasteiger partial charge is 0.397 e. The van der Waals surface area contributed by atoms with Crippen molar-refractivity contribution in [3.05, 3.63) is 40.3 Å². The fraction of sp³-hybridized carbons (Fsp3) is 0.438. The summed E-state index contributed by atoms with van der Waals surface area (Å²) in [6.45, 7) is 0.844. The summed E-state index contributed by atoms with van der Waals surface area (Å²) in [7, 11) is 0. The van der Waals surface area contributed by atoms with Crippen LogP contribution in [0.15, 0.2) is 29.8 Å². The Hall–Kier alpha value is -1.75. The highest BCUT2D eigenvalue weighted by molar-refractivity contribution is 7.10. The highest BCUT2D eigenvalue weighted by Crippen LogP contribution is 2.39. The van der Waals surface area contributed by atoms with Crippen LogP contribution in [0.25, 0.3) is 0 Å². The molecule has 0 aromatic carbocycles. The fourth-order valence-electron chi connectivity index (χ4n) is 3.26. The molecule has 5 heteroatoms. The summed E-state index contributed by atoms with van der Waals surface area (Å²) < 4.78 is 2.08. The van der Waals surface area contributed by atoms with Gasteiger partial charge in [0.2, 0.25) is 0 Å². The number of likely N-dealkylation sites (tertiary alicyclic amines) is 1. The van der Waals surface area contributed by atoms with Crippen molar-refractivity contribution in [1.29, 1.82) is 0 Å². The van der Waals surface area contributed by atoms with Crippen LogP contribution in [0.3, 0.4) is 0 Å². The summed E-state index contributed by atoms with van der Waals surface area (Å²) in [5, 5.41) is 2.08. The molecule has 2 fully saturated rings. The van der Waals surface area contributed by atoms with Crippen molar-refractivity contribution in [3.8, 4) is 0 Å². The summed E-state index contributed by atoms with van der Waals surface area (Å²) >= 11 is 1.74. The fourth-order valence-corrected chi connectivity index (χ4v) is 4.13. The molecule has 2 aromatic heterocycles. The number of hydrogen-bond donors (Lipinski definition) is 1. The summed E-state index contributed by atoms with van der Waals surface area (Å²) in [5.74, 6) is 0.134. The number of amides is 1. The van der Waals surface area contributed by atoms with Gasteiger partial charge in [-0.25, -0.2) is 0 Å². The number of carbonyl (C=O) groups is 1. The van der Waals surface area contributed by atoms with Crippen LogP contribution in [0.1, 0.15) is 53.1 Å². The Labute approximate surface area is 128 Å². The van der Waals surface area contributed by atoms with Crippen LogP contribution in [0.2, 0.25) is 0 Å². The van der Waals surface area contributed by atoms with Crippen molar-refractivity contribution >= 4 is 22.9 Å². The van der Waals surface area contributed by atoms with Gasteiger partial charge in [0, 0.05) is 23.7 Å². The highest BCUT2D eigenvalue weighted by atomic mass is 32.1. The van der Waals surface area contributed by atoms with Crippen molar-refractivity contribution in [2.24, 2.45) is 0 Å². The van der Waals surface area contributed by atoms with Crippen molar-refractivity contribution in [1.82, 2.24) is 9.47 Å². The minimum absolute atomic E-state index is 0.134. The molecule has 1 saturated heterocycles. The maximum Gasteiger partial charge on any atom is 0.271 e. The quantitative estimate of drug-likeness (QED) is 0.944. The first-order valence-electron chi connectivity index (χ1n) is 7.56. The molecule has 2 N–H and O–H groups in total. The molecule has 0 spiro atoms. The molecule has 4 rings (SSSR count). The van der Waals surface area contributed by atoms with E-state index in [2.05, 4.69) is 22.1 Å². The molecule has 1 unspecified atom stereocenters. The molecule has 1 aliphatic heterocycles. The average molecular weight is 301 g/mol. The van der Waals surface area contributed by atoms with Crippen LogP contribution in [0.5, 0.6) is 0 Å². The minimum atomic E-state index is 0.134. The van der Waals surface area contributed by atoms with Gasteiger partial charge in [0.1, 0.15) is 5.69 Å². The number of nitrogens with two attached hydrogens (primary N) is 1. The number of hydrogen-bond acceptors (Lipinski definition) is 3. The first-order valence-corrected chi connectivity index (χ1v) is 8.44. The number of carbonyl (C=O) groups excluding carboxylic acids is 1. The zero-order chi connectivity index (χ0) is 14.4. The second-order valence-electron chi connectivity index (χ2n) is 5.97. The van der Waals surface area contributed by atoms with E-state index in [1.807, 2.05) is 17.2 Å². The van der Waals surface area contributed by atoms with Crippen molar-refractivity contribution in [2.75, 3.05) is 12.3 Å². The van der Waals surface area contributed by atoms with Crippen LogP contribution >= 0.6 is 11.3 Å². The number of thiophene rings is 1. The number of nitrogens with zero attached hydrogens (tertiary/aromatic N) is 2. The van der Waals surface area contributed by atoms with E-state index in [0.717, 1.165) is 37.9 Å². The first kappa shape index (κ1) is 13.0. The second kappa shape index (κ2) is 4.91. The Kier molecular flexibility index (Phi) is 3.03. The van der Waals surface area contributed by atoms with E-state index in [1.165, 1.54) is 4.88 Å². The van der Waals surface area contributed by atoms with Crippen LogP contribution in [-0.2, 0) is 0 Å². The highest BCUT2D eigenvalue weighted by Gasteiger charge is 2.35. The number of nitrogen functional groups attached to an aromatic ring is 1. The third kappa shape index (κ3) is 2.25. The van der Waals surface area contributed by atoms with Crippen molar-refractivity contribution in [2.45, 2.75) is 37.8 Å². The molecule has 0 radical (unpaired) electrons. The zero-order valence-corrected chi connectivity index (χ0v) is 12.7. The van der Waals surface area contributed by atoms with E-state index >= 15 is 0 Å². The summed E-state index contributed by atoms with van der Waals surface area (Å²) in [6, 6.07) is 6.75. The Morgan fingerprint density at radius 3 is 2.90 bits per heavy atom. The predicted molar refractivity (Wildman–Crippen MR) is 84.4 cm³/mol. The predicted octanol–water partition coefficient (Wildman–Crippen LogP) is 3.44. The summed E-state index contributed by atoms with van der Waals surface area (Å²) in [4.78, 5) is 16.3. The topological polar surface area (TPSA) is 51.3 Å². The van der Waals surface area contributed by atoms with Gasteiger partial charge in [-0.1, -0.05) is 6.07 Å². The maximum absolute atomic E-state index is 13.0. The van der Waals surface area contributed by atoms with Crippen LogP contribution in [0.4, 0.5) is 5.69 Å². The van der Waals surface area contributed by atoms with Gasteiger partial charge >= 0.3 is 0 Å². The Balaban J connectivity index is 1.65. The van der Waals surface area contributed by atoms with E-state index in [9.17, 15) is 4.79 Å². The lowest BCUT2D eigenvalue weighted by molar-refractivity contribution is 0.0726. The van der Waals surface area contributed by atoms with Crippen molar-refractivity contribution in [3.63, 3.8) is 0 Å². The Bertz CT molecular complexity index is 657. The van der Waals surface area contributed by atoms with Gasteiger partial charge < -0.3 is 15.2 Å². The monoisotopic (exact) mass is 301 g/mol. The summed E-state index contributed by atoms with van der Waals surface area (Å²) in [6.07, 6.45) is 6.37. The number of rotatable bonds is 3. The van der Waals surface area contributed by atoms with Gasteiger partial charge in [-0.05, 0) is 43.2 Å². The smallest absolute Gasteiger partial charge is 0.271 e. The maximum atomic E-state index is 13.0. The molecule has 2 aromatic rings. The molecule has 1 amide bonds. The molecule has 110 valence electrons. The number of aromatic nitrogens is 1. The molecule has 1 aliphatic carbocycles. The average Bonchev–Trinajstić information content (AvgIpc) is 2.93. The molecule has 3 heterocycles. The minimum Gasteiger partial charge on any atom is -0.397 e. The molecule has 1 saturated carbocycles. The third-order valence-corrected chi connectivity index (χ3v) is 5.39. The molecule has 0 bridgehead atoms.